The molecule has 1 unspecified atom stereocenters. The van der Waals surface area contributed by atoms with Crippen molar-refractivity contribution in [1.82, 2.24) is 4.98 Å². The maximum atomic E-state index is 9.21. The van der Waals surface area contributed by atoms with Crippen LogP contribution in [0.1, 0.15) is 11.0 Å². The second-order valence-corrected chi connectivity index (χ2v) is 3.40. The van der Waals surface area contributed by atoms with Crippen LogP contribution in [0.15, 0.2) is 10.1 Å². The van der Waals surface area contributed by atoms with Gasteiger partial charge in [-0.25, -0.2) is 4.98 Å². The molecule has 0 aliphatic carbocycles. The van der Waals surface area contributed by atoms with Gasteiger partial charge in [-0.3, -0.25) is 0 Å². The molecule has 0 saturated heterocycles. The van der Waals surface area contributed by atoms with Crippen molar-refractivity contribution < 1.29 is 5.11 Å². The van der Waals surface area contributed by atoms with Crippen molar-refractivity contribution in [2.45, 2.75) is 6.10 Å². The average molecular weight is 223 g/mol. The second kappa shape index (κ2) is 3.43. The van der Waals surface area contributed by atoms with E-state index in [1.54, 1.807) is 5.51 Å². The fraction of sp³-hybridized carbons (Fsp3) is 0.400. The SMILES string of the molecule is NCC(O)c1scnc1Br. The summed E-state index contributed by atoms with van der Waals surface area (Å²) in [5, 5.41) is 9.21. The number of aromatic nitrogens is 1. The molecule has 10 heavy (non-hydrogen) atoms. The van der Waals surface area contributed by atoms with Crippen LogP contribution in [-0.4, -0.2) is 16.6 Å². The fourth-order valence-electron chi connectivity index (χ4n) is 0.565. The predicted molar refractivity (Wildman–Crippen MR) is 43.8 cm³/mol. The largest absolute Gasteiger partial charge is 0.386 e. The smallest absolute Gasteiger partial charge is 0.122 e. The first-order valence-electron chi connectivity index (χ1n) is 2.72. The van der Waals surface area contributed by atoms with Gasteiger partial charge in [0.15, 0.2) is 0 Å². The number of nitrogens with two attached hydrogens (primary N) is 1. The lowest BCUT2D eigenvalue weighted by Gasteiger charge is -2.02. The van der Waals surface area contributed by atoms with Crippen molar-refractivity contribution in [2.24, 2.45) is 5.73 Å². The molecule has 0 aliphatic rings. The summed E-state index contributed by atoms with van der Waals surface area (Å²) in [6.45, 7) is 0.237. The molecule has 1 aromatic rings. The van der Waals surface area contributed by atoms with Crippen LogP contribution in [0, 0.1) is 0 Å². The Balaban J connectivity index is 2.82. The van der Waals surface area contributed by atoms with Gasteiger partial charge < -0.3 is 10.8 Å². The number of halogens is 1. The van der Waals surface area contributed by atoms with Gasteiger partial charge >= 0.3 is 0 Å². The molecule has 3 N–H and O–H groups in total. The molecule has 0 amide bonds. The minimum absolute atomic E-state index is 0.237. The van der Waals surface area contributed by atoms with E-state index in [1.165, 1.54) is 11.3 Å². The summed E-state index contributed by atoms with van der Waals surface area (Å²) in [7, 11) is 0. The lowest BCUT2D eigenvalue weighted by atomic mass is 10.3. The summed E-state index contributed by atoms with van der Waals surface area (Å²) in [5.41, 5.74) is 6.91. The molecule has 56 valence electrons. The van der Waals surface area contributed by atoms with Crippen LogP contribution in [-0.2, 0) is 0 Å². The van der Waals surface area contributed by atoms with Gasteiger partial charge in [0.1, 0.15) is 10.7 Å². The van der Waals surface area contributed by atoms with E-state index < -0.39 is 6.10 Å². The molecule has 0 saturated carbocycles. The van der Waals surface area contributed by atoms with Crippen LogP contribution in [0.3, 0.4) is 0 Å². The van der Waals surface area contributed by atoms with Gasteiger partial charge in [-0.15, -0.1) is 11.3 Å². The van der Waals surface area contributed by atoms with Crippen molar-refractivity contribution in [1.29, 1.82) is 0 Å². The van der Waals surface area contributed by atoms with Gasteiger partial charge in [-0.1, -0.05) is 0 Å². The number of aliphatic hydroxyl groups is 1. The Bertz CT molecular complexity index is 215. The highest BCUT2D eigenvalue weighted by Crippen LogP contribution is 2.25. The van der Waals surface area contributed by atoms with Crippen LogP contribution in [0.5, 0.6) is 0 Å². The molecule has 3 nitrogen and oxygen atoms in total. The predicted octanol–water partition coefficient (Wildman–Crippen LogP) is 0.898. The quantitative estimate of drug-likeness (QED) is 0.782. The zero-order chi connectivity index (χ0) is 7.56. The number of thiazole rings is 1. The number of hydrogen-bond donors (Lipinski definition) is 2. The Morgan fingerprint density at radius 2 is 2.60 bits per heavy atom. The van der Waals surface area contributed by atoms with E-state index in [1.807, 2.05) is 0 Å². The molecule has 1 heterocycles. The van der Waals surface area contributed by atoms with Crippen LogP contribution in [0.4, 0.5) is 0 Å². The first kappa shape index (κ1) is 8.13. The van der Waals surface area contributed by atoms with Gasteiger partial charge in [0, 0.05) is 6.54 Å². The van der Waals surface area contributed by atoms with E-state index in [9.17, 15) is 5.11 Å². The maximum absolute atomic E-state index is 9.21. The Hall–Kier alpha value is 0.0300. The Morgan fingerprint density at radius 3 is 3.00 bits per heavy atom. The van der Waals surface area contributed by atoms with Gasteiger partial charge in [0.2, 0.25) is 0 Å². The van der Waals surface area contributed by atoms with Crippen LogP contribution >= 0.6 is 27.3 Å². The highest BCUT2D eigenvalue weighted by atomic mass is 79.9. The zero-order valence-electron chi connectivity index (χ0n) is 5.12. The molecular weight excluding hydrogens is 216 g/mol. The molecule has 0 spiro atoms. The van der Waals surface area contributed by atoms with Gasteiger partial charge in [0.05, 0.1) is 10.4 Å². The van der Waals surface area contributed by atoms with Gasteiger partial charge in [0.25, 0.3) is 0 Å². The van der Waals surface area contributed by atoms with Crippen molar-refractivity contribution in [2.75, 3.05) is 6.54 Å². The van der Waals surface area contributed by atoms with Gasteiger partial charge in [-0.2, -0.15) is 0 Å². The third kappa shape index (κ3) is 1.54. The minimum atomic E-state index is -0.582. The molecule has 1 aromatic heterocycles. The third-order valence-corrected chi connectivity index (χ3v) is 2.90. The normalized spacial score (nSPS) is 13.5. The number of aliphatic hydroxyl groups excluding tert-OH is 1. The zero-order valence-corrected chi connectivity index (χ0v) is 7.52. The summed E-state index contributed by atoms with van der Waals surface area (Å²) in [6.07, 6.45) is -0.582. The summed E-state index contributed by atoms with van der Waals surface area (Å²) in [6, 6.07) is 0. The molecule has 5 heteroatoms. The van der Waals surface area contributed by atoms with Crippen molar-refractivity contribution in [3.05, 3.63) is 15.0 Å². The first-order valence-corrected chi connectivity index (χ1v) is 4.40. The molecule has 0 aromatic carbocycles. The van der Waals surface area contributed by atoms with Gasteiger partial charge in [-0.05, 0) is 15.9 Å². The van der Waals surface area contributed by atoms with E-state index in [2.05, 4.69) is 20.9 Å². The Labute approximate surface area is 71.0 Å². The highest BCUT2D eigenvalue weighted by molar-refractivity contribution is 9.10. The van der Waals surface area contributed by atoms with E-state index in [0.29, 0.717) is 4.60 Å². The van der Waals surface area contributed by atoms with Crippen LogP contribution < -0.4 is 5.73 Å². The van der Waals surface area contributed by atoms with Crippen molar-refractivity contribution in [3.63, 3.8) is 0 Å². The molecule has 1 rings (SSSR count). The third-order valence-electron chi connectivity index (χ3n) is 1.07. The molecular formula is C5H7BrN2OS. The van der Waals surface area contributed by atoms with E-state index in [0.717, 1.165) is 4.88 Å². The topological polar surface area (TPSA) is 59.1 Å². The Kier molecular flexibility index (Phi) is 2.79. The molecule has 0 radical (unpaired) electrons. The molecule has 0 fully saturated rings. The monoisotopic (exact) mass is 222 g/mol. The Morgan fingerprint density at radius 1 is 1.90 bits per heavy atom. The fourth-order valence-corrected chi connectivity index (χ4v) is 2.02. The summed E-state index contributed by atoms with van der Waals surface area (Å²) < 4.78 is 0.690. The number of hydrogen-bond acceptors (Lipinski definition) is 4. The average Bonchev–Trinajstić information content (AvgIpc) is 2.34. The number of nitrogens with zero attached hydrogens (tertiary/aromatic N) is 1. The summed E-state index contributed by atoms with van der Waals surface area (Å²) in [5.74, 6) is 0. The van der Waals surface area contributed by atoms with Crippen LogP contribution in [0.2, 0.25) is 0 Å². The molecule has 1 atom stereocenters. The standard InChI is InChI=1S/C5H7BrN2OS/c6-5-4(3(9)1-7)10-2-8-5/h2-3,9H,1,7H2. The minimum Gasteiger partial charge on any atom is -0.386 e. The van der Waals surface area contributed by atoms with Crippen molar-refractivity contribution in [3.8, 4) is 0 Å². The highest BCUT2D eigenvalue weighted by Gasteiger charge is 2.10. The number of rotatable bonds is 2. The van der Waals surface area contributed by atoms with E-state index >= 15 is 0 Å². The molecule has 0 bridgehead atoms. The van der Waals surface area contributed by atoms with Crippen molar-refractivity contribution >= 4 is 27.3 Å². The van der Waals surface area contributed by atoms with E-state index in [4.69, 9.17) is 5.73 Å². The second-order valence-electron chi connectivity index (χ2n) is 1.76. The lowest BCUT2D eigenvalue weighted by molar-refractivity contribution is 0.189. The molecule has 0 aliphatic heterocycles. The summed E-state index contributed by atoms with van der Waals surface area (Å²) in [4.78, 5) is 4.70. The van der Waals surface area contributed by atoms with E-state index in [-0.39, 0.29) is 6.54 Å². The lowest BCUT2D eigenvalue weighted by Crippen LogP contribution is -2.10. The summed E-state index contributed by atoms with van der Waals surface area (Å²) >= 11 is 4.59. The van der Waals surface area contributed by atoms with Crippen LogP contribution in [0.25, 0.3) is 0 Å². The maximum Gasteiger partial charge on any atom is 0.122 e. The first-order chi connectivity index (χ1) is 4.75.